The Bertz CT molecular complexity index is 359. The van der Waals surface area contributed by atoms with Crippen molar-refractivity contribution in [3.8, 4) is 0 Å². The lowest BCUT2D eigenvalue weighted by atomic mass is 10.2. The predicted molar refractivity (Wildman–Crippen MR) is 49.7 cm³/mol. The second-order valence-corrected chi connectivity index (χ2v) is 3.34. The highest BCUT2D eigenvalue weighted by Gasteiger charge is 2.28. The SMILES string of the molecule is COC(=O)C1NCCn2cc(C)nc21. The first-order chi connectivity index (χ1) is 6.72. The molecular formula is C9H13N3O2. The molecule has 1 N–H and O–H groups in total. The summed E-state index contributed by atoms with van der Waals surface area (Å²) in [6.07, 6.45) is 1.95. The van der Waals surface area contributed by atoms with E-state index in [4.69, 9.17) is 4.74 Å². The first-order valence-corrected chi connectivity index (χ1v) is 4.57. The monoisotopic (exact) mass is 195 g/mol. The summed E-state index contributed by atoms with van der Waals surface area (Å²) in [5.41, 5.74) is 0.928. The number of aryl methyl sites for hydroxylation is 1. The minimum absolute atomic E-state index is 0.281. The van der Waals surface area contributed by atoms with Crippen LogP contribution in [0.5, 0.6) is 0 Å². The van der Waals surface area contributed by atoms with Gasteiger partial charge in [0.05, 0.1) is 12.8 Å². The first kappa shape index (κ1) is 9.21. The van der Waals surface area contributed by atoms with Gasteiger partial charge in [0.15, 0.2) is 6.04 Å². The van der Waals surface area contributed by atoms with Gasteiger partial charge in [0.2, 0.25) is 0 Å². The van der Waals surface area contributed by atoms with E-state index in [1.165, 1.54) is 7.11 Å². The Kier molecular flexibility index (Phi) is 2.25. The average Bonchev–Trinajstić information content (AvgIpc) is 2.56. The van der Waals surface area contributed by atoms with E-state index in [0.717, 1.165) is 24.6 Å². The van der Waals surface area contributed by atoms with Crippen molar-refractivity contribution in [3.05, 3.63) is 17.7 Å². The molecule has 1 unspecified atom stereocenters. The summed E-state index contributed by atoms with van der Waals surface area (Å²) in [6, 6.07) is -0.414. The quantitative estimate of drug-likeness (QED) is 0.641. The molecule has 1 aliphatic rings. The molecule has 2 heterocycles. The number of esters is 1. The second-order valence-electron chi connectivity index (χ2n) is 3.34. The Morgan fingerprint density at radius 1 is 1.79 bits per heavy atom. The van der Waals surface area contributed by atoms with E-state index in [0.29, 0.717) is 0 Å². The lowest BCUT2D eigenvalue weighted by molar-refractivity contribution is -0.143. The molecule has 0 aromatic carbocycles. The summed E-state index contributed by atoms with van der Waals surface area (Å²) in [5, 5.41) is 3.08. The zero-order valence-electron chi connectivity index (χ0n) is 8.28. The number of nitrogens with zero attached hydrogens (tertiary/aromatic N) is 2. The summed E-state index contributed by atoms with van der Waals surface area (Å²) >= 11 is 0. The molecule has 0 aliphatic carbocycles. The molecule has 0 fully saturated rings. The summed E-state index contributed by atoms with van der Waals surface area (Å²) in [6.45, 7) is 3.53. The molecule has 1 atom stereocenters. The van der Waals surface area contributed by atoms with Crippen molar-refractivity contribution in [3.63, 3.8) is 0 Å². The third kappa shape index (κ3) is 1.39. The predicted octanol–water partition coefficient (Wildman–Crippen LogP) is 0.00882. The Hall–Kier alpha value is -1.36. The highest BCUT2D eigenvalue weighted by molar-refractivity contribution is 5.76. The van der Waals surface area contributed by atoms with Crippen LogP contribution in [-0.2, 0) is 16.1 Å². The summed E-state index contributed by atoms with van der Waals surface area (Å²) in [7, 11) is 1.39. The fraction of sp³-hybridized carbons (Fsp3) is 0.556. The lowest BCUT2D eigenvalue weighted by Crippen LogP contribution is -2.38. The first-order valence-electron chi connectivity index (χ1n) is 4.57. The Morgan fingerprint density at radius 2 is 2.57 bits per heavy atom. The van der Waals surface area contributed by atoms with E-state index in [2.05, 4.69) is 10.3 Å². The Morgan fingerprint density at radius 3 is 3.29 bits per heavy atom. The van der Waals surface area contributed by atoms with Crippen LogP contribution in [0.4, 0.5) is 0 Å². The standard InChI is InChI=1S/C9H13N3O2/c1-6-5-12-4-3-10-7(8(12)11-6)9(13)14-2/h5,7,10H,3-4H2,1-2H3. The molecular weight excluding hydrogens is 182 g/mol. The van der Waals surface area contributed by atoms with Crippen molar-refractivity contribution in [2.45, 2.75) is 19.5 Å². The fourth-order valence-electron chi connectivity index (χ4n) is 1.70. The number of nitrogens with one attached hydrogen (secondary N) is 1. The van der Waals surface area contributed by atoms with Crippen LogP contribution in [0.2, 0.25) is 0 Å². The van der Waals surface area contributed by atoms with Crippen molar-refractivity contribution in [1.29, 1.82) is 0 Å². The number of hydrogen-bond acceptors (Lipinski definition) is 4. The number of imidazole rings is 1. The number of hydrogen-bond donors (Lipinski definition) is 1. The van der Waals surface area contributed by atoms with E-state index < -0.39 is 6.04 Å². The van der Waals surface area contributed by atoms with Crippen LogP contribution >= 0.6 is 0 Å². The van der Waals surface area contributed by atoms with Crippen LogP contribution in [0.25, 0.3) is 0 Å². The maximum atomic E-state index is 11.4. The van der Waals surface area contributed by atoms with Gasteiger partial charge in [-0.15, -0.1) is 0 Å². The van der Waals surface area contributed by atoms with Crippen molar-refractivity contribution >= 4 is 5.97 Å². The summed E-state index contributed by atoms with van der Waals surface area (Å²) in [4.78, 5) is 15.7. The molecule has 0 saturated carbocycles. The van der Waals surface area contributed by atoms with Gasteiger partial charge in [0.1, 0.15) is 5.82 Å². The highest BCUT2D eigenvalue weighted by atomic mass is 16.5. The average molecular weight is 195 g/mol. The van der Waals surface area contributed by atoms with E-state index in [1.54, 1.807) is 0 Å². The maximum absolute atomic E-state index is 11.4. The van der Waals surface area contributed by atoms with Gasteiger partial charge in [-0.05, 0) is 6.92 Å². The second kappa shape index (κ2) is 3.42. The summed E-state index contributed by atoms with van der Waals surface area (Å²) < 4.78 is 6.69. The third-order valence-electron chi connectivity index (χ3n) is 2.32. The number of methoxy groups -OCH3 is 1. The van der Waals surface area contributed by atoms with Crippen LogP contribution in [0.3, 0.4) is 0 Å². The van der Waals surface area contributed by atoms with Gasteiger partial charge in [0.25, 0.3) is 0 Å². The molecule has 0 radical (unpaired) electrons. The van der Waals surface area contributed by atoms with Crippen LogP contribution < -0.4 is 5.32 Å². The van der Waals surface area contributed by atoms with Crippen LogP contribution in [0.15, 0.2) is 6.20 Å². The maximum Gasteiger partial charge on any atom is 0.330 e. The Labute approximate surface area is 82.1 Å². The molecule has 5 heteroatoms. The van der Waals surface area contributed by atoms with Crippen LogP contribution in [-0.4, -0.2) is 29.2 Å². The number of fused-ring (bicyclic) bond motifs is 1. The lowest BCUT2D eigenvalue weighted by Gasteiger charge is -2.22. The van der Waals surface area contributed by atoms with Crippen LogP contribution in [0.1, 0.15) is 17.6 Å². The number of carbonyl (C=O) groups excluding carboxylic acids is 1. The van der Waals surface area contributed by atoms with Gasteiger partial charge in [-0.2, -0.15) is 0 Å². The van der Waals surface area contributed by atoms with Gasteiger partial charge in [-0.1, -0.05) is 0 Å². The highest BCUT2D eigenvalue weighted by Crippen LogP contribution is 2.17. The number of carbonyl (C=O) groups is 1. The number of rotatable bonds is 1. The van der Waals surface area contributed by atoms with E-state index in [9.17, 15) is 4.79 Å². The van der Waals surface area contributed by atoms with Crippen LogP contribution in [0, 0.1) is 6.92 Å². The molecule has 5 nitrogen and oxygen atoms in total. The van der Waals surface area contributed by atoms with E-state index in [-0.39, 0.29) is 5.97 Å². The minimum Gasteiger partial charge on any atom is -0.468 e. The molecule has 0 amide bonds. The van der Waals surface area contributed by atoms with Crippen molar-refractivity contribution in [2.75, 3.05) is 13.7 Å². The van der Waals surface area contributed by atoms with Crippen molar-refractivity contribution in [1.82, 2.24) is 14.9 Å². The Balaban J connectivity index is 2.34. The minimum atomic E-state index is -0.414. The van der Waals surface area contributed by atoms with Crippen molar-refractivity contribution in [2.24, 2.45) is 0 Å². The smallest absolute Gasteiger partial charge is 0.330 e. The zero-order chi connectivity index (χ0) is 10.1. The number of aromatic nitrogens is 2. The largest absolute Gasteiger partial charge is 0.468 e. The molecule has 0 spiro atoms. The molecule has 1 aromatic rings. The van der Waals surface area contributed by atoms with Gasteiger partial charge >= 0.3 is 5.97 Å². The van der Waals surface area contributed by atoms with Gasteiger partial charge in [-0.25, -0.2) is 9.78 Å². The zero-order valence-corrected chi connectivity index (χ0v) is 8.28. The molecule has 2 rings (SSSR count). The summed E-state index contributed by atoms with van der Waals surface area (Å²) in [5.74, 6) is 0.470. The molecule has 0 bridgehead atoms. The van der Waals surface area contributed by atoms with Gasteiger partial charge in [0, 0.05) is 19.3 Å². The fourth-order valence-corrected chi connectivity index (χ4v) is 1.70. The third-order valence-corrected chi connectivity index (χ3v) is 2.32. The molecule has 1 aromatic heterocycles. The topological polar surface area (TPSA) is 56.1 Å². The van der Waals surface area contributed by atoms with Crippen molar-refractivity contribution < 1.29 is 9.53 Å². The molecule has 76 valence electrons. The number of ether oxygens (including phenoxy) is 1. The molecule has 14 heavy (non-hydrogen) atoms. The molecule has 0 saturated heterocycles. The van der Waals surface area contributed by atoms with E-state index in [1.807, 2.05) is 17.7 Å². The normalized spacial score (nSPS) is 20.3. The molecule has 1 aliphatic heterocycles. The van der Waals surface area contributed by atoms with Gasteiger partial charge in [-0.3, -0.25) is 5.32 Å². The van der Waals surface area contributed by atoms with E-state index >= 15 is 0 Å². The van der Waals surface area contributed by atoms with Gasteiger partial charge < -0.3 is 9.30 Å².